The monoisotopic (exact) mass is 371 g/mol. The molecule has 0 bridgehead atoms. The van der Waals surface area contributed by atoms with Crippen LogP contribution in [0.4, 0.5) is 17.2 Å². The van der Waals surface area contributed by atoms with E-state index in [4.69, 9.17) is 26.8 Å². The van der Waals surface area contributed by atoms with Crippen molar-refractivity contribution in [1.29, 1.82) is 0 Å². The lowest BCUT2D eigenvalue weighted by atomic mass is 10.2. The number of ether oxygens (including phenoxy) is 2. The van der Waals surface area contributed by atoms with Crippen LogP contribution in [0.2, 0.25) is 5.02 Å². The average Bonchev–Trinajstić information content (AvgIpc) is 2.48. The van der Waals surface area contributed by atoms with E-state index in [1.54, 1.807) is 32.5 Å². The van der Waals surface area contributed by atoms with Gasteiger partial charge in [0.15, 0.2) is 0 Å². The SMILES string of the molecule is COc1cc(OC)c(Nc2ncc(N)c(C)c2Br)cc1Cl. The highest BCUT2D eigenvalue weighted by atomic mass is 79.9. The fourth-order valence-electron chi connectivity index (χ4n) is 1.76. The number of halogens is 2. The Morgan fingerprint density at radius 2 is 1.90 bits per heavy atom. The first kappa shape index (κ1) is 15.7. The first-order chi connectivity index (χ1) is 9.97. The molecule has 0 radical (unpaired) electrons. The third-order valence-electron chi connectivity index (χ3n) is 3.03. The highest BCUT2D eigenvalue weighted by molar-refractivity contribution is 9.10. The Balaban J connectivity index is 2.44. The Morgan fingerprint density at radius 1 is 1.24 bits per heavy atom. The summed E-state index contributed by atoms with van der Waals surface area (Å²) < 4.78 is 11.3. The summed E-state index contributed by atoms with van der Waals surface area (Å²) in [5.41, 5.74) is 8.03. The number of benzene rings is 1. The van der Waals surface area contributed by atoms with Gasteiger partial charge in [0.25, 0.3) is 0 Å². The van der Waals surface area contributed by atoms with Crippen LogP contribution < -0.4 is 20.5 Å². The number of aromatic nitrogens is 1. The van der Waals surface area contributed by atoms with Crippen LogP contribution in [0.5, 0.6) is 11.5 Å². The molecule has 0 amide bonds. The van der Waals surface area contributed by atoms with Crippen LogP contribution in [-0.2, 0) is 0 Å². The van der Waals surface area contributed by atoms with Crippen molar-refractivity contribution in [3.63, 3.8) is 0 Å². The molecule has 0 saturated heterocycles. The second-order valence-corrected chi connectivity index (χ2v) is 5.51. The molecule has 2 rings (SSSR count). The zero-order valence-corrected chi connectivity index (χ0v) is 14.2. The van der Waals surface area contributed by atoms with Crippen molar-refractivity contribution in [2.24, 2.45) is 0 Å². The fourth-order valence-corrected chi connectivity index (χ4v) is 2.44. The summed E-state index contributed by atoms with van der Waals surface area (Å²) in [4.78, 5) is 4.27. The van der Waals surface area contributed by atoms with E-state index in [0.717, 1.165) is 10.0 Å². The number of methoxy groups -OCH3 is 2. The van der Waals surface area contributed by atoms with Gasteiger partial charge in [-0.15, -0.1) is 0 Å². The van der Waals surface area contributed by atoms with E-state index in [2.05, 4.69) is 26.2 Å². The molecule has 0 aliphatic heterocycles. The second kappa shape index (κ2) is 6.41. The van der Waals surface area contributed by atoms with Crippen molar-refractivity contribution in [2.75, 3.05) is 25.3 Å². The van der Waals surface area contributed by atoms with E-state index < -0.39 is 0 Å². The lowest BCUT2D eigenvalue weighted by Crippen LogP contribution is -2.01. The van der Waals surface area contributed by atoms with Crippen molar-refractivity contribution in [1.82, 2.24) is 4.98 Å². The summed E-state index contributed by atoms with van der Waals surface area (Å²) in [6, 6.07) is 3.43. The molecule has 1 heterocycles. The van der Waals surface area contributed by atoms with E-state index >= 15 is 0 Å². The van der Waals surface area contributed by atoms with Gasteiger partial charge in [0, 0.05) is 6.07 Å². The molecular formula is C14H15BrClN3O2. The van der Waals surface area contributed by atoms with E-state index in [1.165, 1.54) is 0 Å². The summed E-state index contributed by atoms with van der Waals surface area (Å²) in [5, 5.41) is 3.65. The molecular weight excluding hydrogens is 358 g/mol. The summed E-state index contributed by atoms with van der Waals surface area (Å²) in [6.07, 6.45) is 1.60. The molecule has 0 unspecified atom stereocenters. The Morgan fingerprint density at radius 3 is 2.52 bits per heavy atom. The number of anilines is 3. The molecule has 5 nitrogen and oxygen atoms in total. The Kier molecular flexibility index (Phi) is 4.80. The maximum Gasteiger partial charge on any atom is 0.146 e. The van der Waals surface area contributed by atoms with Gasteiger partial charge in [-0.2, -0.15) is 0 Å². The fraction of sp³-hybridized carbons (Fsp3) is 0.214. The standard InChI is InChI=1S/C14H15BrClN3O2/c1-7-9(17)6-18-14(13(7)15)19-10-4-8(16)11(20-2)5-12(10)21-3/h4-6H,17H2,1-3H3,(H,18,19). The van der Waals surface area contributed by atoms with Crippen molar-refractivity contribution < 1.29 is 9.47 Å². The predicted octanol–water partition coefficient (Wildman–Crippen LogP) is 4.15. The minimum atomic E-state index is 0.476. The molecule has 21 heavy (non-hydrogen) atoms. The molecule has 0 spiro atoms. The van der Waals surface area contributed by atoms with Crippen LogP contribution in [0.15, 0.2) is 22.8 Å². The third kappa shape index (κ3) is 3.16. The minimum absolute atomic E-state index is 0.476. The number of rotatable bonds is 4. The predicted molar refractivity (Wildman–Crippen MR) is 88.9 cm³/mol. The second-order valence-electron chi connectivity index (χ2n) is 4.31. The van der Waals surface area contributed by atoms with Gasteiger partial charge in [-0.1, -0.05) is 11.6 Å². The van der Waals surface area contributed by atoms with Gasteiger partial charge >= 0.3 is 0 Å². The largest absolute Gasteiger partial charge is 0.495 e. The van der Waals surface area contributed by atoms with E-state index in [-0.39, 0.29) is 0 Å². The summed E-state index contributed by atoms with van der Waals surface area (Å²) in [7, 11) is 3.12. The van der Waals surface area contributed by atoms with Crippen LogP contribution in [0.1, 0.15) is 5.56 Å². The molecule has 0 atom stereocenters. The maximum absolute atomic E-state index is 6.15. The van der Waals surface area contributed by atoms with E-state index in [9.17, 15) is 0 Å². The topological polar surface area (TPSA) is 69.4 Å². The lowest BCUT2D eigenvalue weighted by Gasteiger charge is -2.15. The highest BCUT2D eigenvalue weighted by Crippen LogP contribution is 2.38. The molecule has 3 N–H and O–H groups in total. The number of pyridine rings is 1. The molecule has 0 aliphatic rings. The van der Waals surface area contributed by atoms with Gasteiger partial charge in [-0.05, 0) is 34.5 Å². The van der Waals surface area contributed by atoms with Crippen molar-refractivity contribution in [2.45, 2.75) is 6.92 Å². The molecule has 0 fully saturated rings. The van der Waals surface area contributed by atoms with Crippen LogP contribution in [0.25, 0.3) is 0 Å². The maximum atomic E-state index is 6.15. The first-order valence-corrected chi connectivity index (χ1v) is 7.24. The zero-order chi connectivity index (χ0) is 15.6. The van der Waals surface area contributed by atoms with Crippen LogP contribution in [-0.4, -0.2) is 19.2 Å². The average molecular weight is 373 g/mol. The molecule has 1 aromatic heterocycles. The minimum Gasteiger partial charge on any atom is -0.495 e. The highest BCUT2D eigenvalue weighted by Gasteiger charge is 2.13. The van der Waals surface area contributed by atoms with Crippen LogP contribution in [0.3, 0.4) is 0 Å². The van der Waals surface area contributed by atoms with Crippen LogP contribution >= 0.6 is 27.5 Å². The van der Waals surface area contributed by atoms with Gasteiger partial charge in [-0.25, -0.2) is 4.98 Å². The van der Waals surface area contributed by atoms with Crippen molar-refractivity contribution in [3.05, 3.63) is 33.4 Å². The number of hydrogen-bond acceptors (Lipinski definition) is 5. The normalized spacial score (nSPS) is 10.3. The Labute approximate surface area is 136 Å². The molecule has 7 heteroatoms. The summed E-state index contributed by atoms with van der Waals surface area (Å²) in [6.45, 7) is 1.91. The molecule has 0 saturated carbocycles. The van der Waals surface area contributed by atoms with E-state index in [1.807, 2.05) is 6.92 Å². The number of hydrogen-bond donors (Lipinski definition) is 2. The van der Waals surface area contributed by atoms with Crippen molar-refractivity contribution >= 4 is 44.7 Å². The Bertz CT molecular complexity index is 680. The zero-order valence-electron chi connectivity index (χ0n) is 11.8. The van der Waals surface area contributed by atoms with Crippen LogP contribution in [0, 0.1) is 6.92 Å². The summed E-state index contributed by atoms with van der Waals surface area (Å²) in [5.74, 6) is 1.76. The molecule has 112 valence electrons. The quantitative estimate of drug-likeness (QED) is 0.844. The van der Waals surface area contributed by atoms with Gasteiger partial charge in [-0.3, -0.25) is 0 Å². The number of nitrogens with zero attached hydrogens (tertiary/aromatic N) is 1. The number of nitrogens with one attached hydrogen (secondary N) is 1. The first-order valence-electron chi connectivity index (χ1n) is 6.07. The molecule has 0 aliphatic carbocycles. The van der Waals surface area contributed by atoms with Gasteiger partial charge in [0.05, 0.1) is 41.3 Å². The number of nitrogen functional groups attached to an aromatic ring is 1. The van der Waals surface area contributed by atoms with Gasteiger partial charge in [0.2, 0.25) is 0 Å². The Hall–Kier alpha value is -1.66. The van der Waals surface area contributed by atoms with Crippen molar-refractivity contribution in [3.8, 4) is 11.5 Å². The third-order valence-corrected chi connectivity index (χ3v) is 4.30. The molecule has 1 aromatic carbocycles. The van der Waals surface area contributed by atoms with Gasteiger partial charge in [0.1, 0.15) is 17.3 Å². The van der Waals surface area contributed by atoms with E-state index in [0.29, 0.717) is 33.7 Å². The smallest absolute Gasteiger partial charge is 0.146 e. The lowest BCUT2D eigenvalue weighted by molar-refractivity contribution is 0.396. The van der Waals surface area contributed by atoms with Gasteiger partial charge < -0.3 is 20.5 Å². The number of nitrogens with two attached hydrogens (primary N) is 1. The molecule has 2 aromatic rings. The summed E-state index contributed by atoms with van der Waals surface area (Å²) >= 11 is 9.63.